The summed E-state index contributed by atoms with van der Waals surface area (Å²) in [5, 5.41) is 8.96. The van der Waals surface area contributed by atoms with Crippen molar-refractivity contribution < 1.29 is 9.90 Å². The summed E-state index contributed by atoms with van der Waals surface area (Å²) in [6.07, 6.45) is 5.97. The molecule has 0 fully saturated rings. The Balaban J connectivity index is 2.55. The van der Waals surface area contributed by atoms with Gasteiger partial charge in [-0.1, -0.05) is 30.4 Å². The van der Waals surface area contributed by atoms with Gasteiger partial charge in [0.15, 0.2) is 0 Å². The molecule has 1 amide bonds. The summed E-state index contributed by atoms with van der Waals surface area (Å²) in [6, 6.07) is 7.37. The fourth-order valence-electron chi connectivity index (χ4n) is 1.39. The number of anilines is 1. The Kier molecular flexibility index (Phi) is 2.07. The monoisotopic (exact) mass is 187 g/mol. The number of hydrogen-bond donors (Lipinski definition) is 1. The number of carboxylic acid groups (broad SMARTS) is 1. The molecule has 0 radical (unpaired) electrons. The summed E-state index contributed by atoms with van der Waals surface area (Å²) < 4.78 is 0. The van der Waals surface area contributed by atoms with Gasteiger partial charge in [0, 0.05) is 6.20 Å². The van der Waals surface area contributed by atoms with Gasteiger partial charge in [0.25, 0.3) is 0 Å². The molecule has 0 saturated carbocycles. The van der Waals surface area contributed by atoms with Crippen molar-refractivity contribution >= 4 is 17.9 Å². The lowest BCUT2D eigenvalue weighted by atomic mass is 10.1. The van der Waals surface area contributed by atoms with Crippen LogP contribution < -0.4 is 4.90 Å². The second kappa shape index (κ2) is 3.38. The Morgan fingerprint density at radius 1 is 1.21 bits per heavy atom. The molecule has 0 spiro atoms. The minimum absolute atomic E-state index is 0.685. The zero-order chi connectivity index (χ0) is 9.97. The summed E-state index contributed by atoms with van der Waals surface area (Å²) >= 11 is 0. The highest BCUT2D eigenvalue weighted by atomic mass is 16.4. The predicted molar refractivity (Wildman–Crippen MR) is 55.1 cm³/mol. The quantitative estimate of drug-likeness (QED) is 0.678. The number of amides is 1. The summed E-state index contributed by atoms with van der Waals surface area (Å²) in [5.74, 6) is 0. The number of hydrogen-bond acceptors (Lipinski definition) is 1. The van der Waals surface area contributed by atoms with Crippen molar-refractivity contribution in [3.8, 4) is 0 Å². The zero-order valence-corrected chi connectivity index (χ0v) is 7.42. The Hall–Kier alpha value is -2.03. The van der Waals surface area contributed by atoms with Crippen LogP contribution in [0.2, 0.25) is 0 Å². The maximum absolute atomic E-state index is 10.9. The standard InChI is InChI=1S/C11H9NO2/c13-11(14)12-8-4-3-6-9-5-1-2-7-10(9)12/h1-8H,(H,13,14). The third-order valence-corrected chi connectivity index (χ3v) is 2.02. The van der Waals surface area contributed by atoms with Gasteiger partial charge in [0.2, 0.25) is 0 Å². The van der Waals surface area contributed by atoms with E-state index in [1.165, 1.54) is 11.1 Å². The molecule has 0 aromatic heterocycles. The lowest BCUT2D eigenvalue weighted by molar-refractivity contribution is 0.204. The molecule has 1 aliphatic heterocycles. The third-order valence-electron chi connectivity index (χ3n) is 2.02. The van der Waals surface area contributed by atoms with Gasteiger partial charge in [-0.3, -0.25) is 4.90 Å². The number of carbonyl (C=O) groups is 1. The summed E-state index contributed by atoms with van der Waals surface area (Å²) in [7, 11) is 0. The van der Waals surface area contributed by atoms with Crippen molar-refractivity contribution in [1.29, 1.82) is 0 Å². The molecule has 1 aromatic rings. The lowest BCUT2D eigenvalue weighted by Gasteiger charge is -2.15. The van der Waals surface area contributed by atoms with Crippen molar-refractivity contribution in [1.82, 2.24) is 0 Å². The van der Waals surface area contributed by atoms with Crippen LogP contribution in [0.25, 0.3) is 6.08 Å². The number of nitrogens with zero attached hydrogens (tertiary/aromatic N) is 1. The molecule has 0 unspecified atom stereocenters. The van der Waals surface area contributed by atoms with Crippen LogP contribution in [0.1, 0.15) is 5.56 Å². The first-order valence-corrected chi connectivity index (χ1v) is 4.25. The van der Waals surface area contributed by atoms with E-state index in [1.807, 2.05) is 30.4 Å². The lowest BCUT2D eigenvalue weighted by Crippen LogP contribution is -2.22. The third kappa shape index (κ3) is 1.40. The Morgan fingerprint density at radius 3 is 2.79 bits per heavy atom. The minimum Gasteiger partial charge on any atom is -0.464 e. The fourth-order valence-corrected chi connectivity index (χ4v) is 1.39. The number of rotatable bonds is 0. The topological polar surface area (TPSA) is 40.5 Å². The van der Waals surface area contributed by atoms with Gasteiger partial charge in [0.05, 0.1) is 5.69 Å². The van der Waals surface area contributed by atoms with Crippen LogP contribution in [0.15, 0.2) is 42.6 Å². The van der Waals surface area contributed by atoms with Crippen LogP contribution in [0.3, 0.4) is 0 Å². The maximum atomic E-state index is 10.9. The van der Waals surface area contributed by atoms with E-state index in [1.54, 1.807) is 12.1 Å². The summed E-state index contributed by atoms with van der Waals surface area (Å²) in [4.78, 5) is 12.1. The average molecular weight is 187 g/mol. The SMILES string of the molecule is O=C(O)N1C=CC=Cc2ccccc21. The minimum atomic E-state index is -0.975. The molecule has 3 nitrogen and oxygen atoms in total. The van der Waals surface area contributed by atoms with Crippen LogP contribution in [0.4, 0.5) is 10.5 Å². The van der Waals surface area contributed by atoms with Gasteiger partial charge in [-0.25, -0.2) is 4.79 Å². The molecule has 1 aliphatic rings. The van der Waals surface area contributed by atoms with Crippen molar-refractivity contribution in [3.05, 3.63) is 48.2 Å². The molecule has 1 N–H and O–H groups in total. The highest BCUT2D eigenvalue weighted by molar-refractivity contribution is 5.92. The Labute approximate surface area is 81.6 Å². The molecule has 70 valence electrons. The van der Waals surface area contributed by atoms with E-state index in [0.717, 1.165) is 5.56 Å². The van der Waals surface area contributed by atoms with Gasteiger partial charge in [-0.2, -0.15) is 0 Å². The Morgan fingerprint density at radius 2 is 2.00 bits per heavy atom. The second-order valence-electron chi connectivity index (χ2n) is 2.91. The van der Waals surface area contributed by atoms with Crippen LogP contribution in [0.5, 0.6) is 0 Å². The molecule has 3 heteroatoms. The molecule has 0 aliphatic carbocycles. The molecule has 0 atom stereocenters. The van der Waals surface area contributed by atoms with E-state index < -0.39 is 6.09 Å². The fraction of sp³-hybridized carbons (Fsp3) is 0. The van der Waals surface area contributed by atoms with Crippen LogP contribution in [-0.4, -0.2) is 11.2 Å². The van der Waals surface area contributed by atoms with Crippen molar-refractivity contribution in [2.45, 2.75) is 0 Å². The van der Waals surface area contributed by atoms with Crippen LogP contribution in [0, 0.1) is 0 Å². The first-order chi connectivity index (χ1) is 6.79. The number of allylic oxidation sites excluding steroid dienone is 2. The number of fused-ring (bicyclic) bond motifs is 1. The molecule has 1 heterocycles. The van der Waals surface area contributed by atoms with Gasteiger partial charge >= 0.3 is 6.09 Å². The molecular weight excluding hydrogens is 178 g/mol. The van der Waals surface area contributed by atoms with Gasteiger partial charge in [0.1, 0.15) is 0 Å². The highest BCUT2D eigenvalue weighted by Crippen LogP contribution is 2.24. The molecule has 14 heavy (non-hydrogen) atoms. The van der Waals surface area contributed by atoms with E-state index in [0.29, 0.717) is 5.69 Å². The molecule has 0 bridgehead atoms. The number of para-hydroxylation sites is 1. The van der Waals surface area contributed by atoms with Crippen molar-refractivity contribution in [2.75, 3.05) is 4.90 Å². The summed E-state index contributed by atoms with van der Waals surface area (Å²) in [6.45, 7) is 0. The van der Waals surface area contributed by atoms with Crippen molar-refractivity contribution in [2.24, 2.45) is 0 Å². The smallest absolute Gasteiger partial charge is 0.415 e. The van der Waals surface area contributed by atoms with Gasteiger partial charge in [-0.05, 0) is 17.7 Å². The Bertz CT molecular complexity index is 421. The van der Waals surface area contributed by atoms with E-state index >= 15 is 0 Å². The largest absolute Gasteiger partial charge is 0.464 e. The highest BCUT2D eigenvalue weighted by Gasteiger charge is 2.14. The normalized spacial score (nSPS) is 13.6. The average Bonchev–Trinajstić information content (AvgIpc) is 2.39. The van der Waals surface area contributed by atoms with E-state index in [9.17, 15) is 4.79 Å². The van der Waals surface area contributed by atoms with Crippen LogP contribution in [-0.2, 0) is 0 Å². The van der Waals surface area contributed by atoms with E-state index in [-0.39, 0.29) is 0 Å². The number of benzene rings is 1. The zero-order valence-electron chi connectivity index (χ0n) is 7.42. The molecule has 0 saturated heterocycles. The first kappa shape index (κ1) is 8.56. The molecular formula is C11H9NO2. The van der Waals surface area contributed by atoms with Gasteiger partial charge in [-0.15, -0.1) is 0 Å². The maximum Gasteiger partial charge on any atom is 0.415 e. The first-order valence-electron chi connectivity index (χ1n) is 4.25. The van der Waals surface area contributed by atoms with E-state index in [2.05, 4.69) is 0 Å². The van der Waals surface area contributed by atoms with Crippen molar-refractivity contribution in [3.63, 3.8) is 0 Å². The second-order valence-corrected chi connectivity index (χ2v) is 2.91. The van der Waals surface area contributed by atoms with Crippen LogP contribution >= 0.6 is 0 Å². The van der Waals surface area contributed by atoms with Gasteiger partial charge < -0.3 is 5.11 Å². The van der Waals surface area contributed by atoms with E-state index in [4.69, 9.17) is 5.11 Å². The molecule has 2 rings (SSSR count). The predicted octanol–water partition coefficient (Wildman–Crippen LogP) is 2.71. The molecule has 1 aromatic carbocycles. The summed E-state index contributed by atoms with van der Waals surface area (Å²) in [5.41, 5.74) is 1.59.